The van der Waals surface area contributed by atoms with Crippen LogP contribution in [0.25, 0.3) is 16.9 Å². The van der Waals surface area contributed by atoms with Crippen LogP contribution in [0.1, 0.15) is 18.3 Å². The summed E-state index contributed by atoms with van der Waals surface area (Å²) >= 11 is 0. The Bertz CT molecular complexity index is 825. The maximum Gasteiger partial charge on any atom is 0.292 e. The Morgan fingerprint density at radius 3 is 2.62 bits per heavy atom. The minimum atomic E-state index is -0.422. The summed E-state index contributed by atoms with van der Waals surface area (Å²) < 4.78 is 1.95. The number of hydrogen-bond donors (Lipinski definition) is 0. The van der Waals surface area contributed by atoms with Crippen molar-refractivity contribution < 1.29 is 4.92 Å². The molecule has 0 amide bonds. The summed E-state index contributed by atoms with van der Waals surface area (Å²) in [5.74, 6) is 0.840. The number of aromatic nitrogens is 3. The van der Waals surface area contributed by atoms with Crippen molar-refractivity contribution in [3.63, 3.8) is 0 Å². The Balaban J connectivity index is 2.35. The zero-order chi connectivity index (χ0) is 15.0. The quantitative estimate of drug-likeness (QED) is 0.546. The fourth-order valence-corrected chi connectivity index (χ4v) is 2.44. The summed E-state index contributed by atoms with van der Waals surface area (Å²) in [5, 5.41) is 11.0. The monoisotopic (exact) mass is 282 g/mol. The molecule has 0 saturated carbocycles. The van der Waals surface area contributed by atoms with Gasteiger partial charge in [0.1, 0.15) is 17.5 Å². The summed E-state index contributed by atoms with van der Waals surface area (Å²) in [6, 6.07) is 9.77. The lowest BCUT2D eigenvalue weighted by Crippen LogP contribution is -2.01. The molecule has 2 aromatic heterocycles. The van der Waals surface area contributed by atoms with E-state index in [1.165, 1.54) is 6.20 Å². The van der Waals surface area contributed by atoms with Crippen LogP contribution in [0.4, 0.5) is 5.69 Å². The highest BCUT2D eigenvalue weighted by Crippen LogP contribution is 2.27. The van der Waals surface area contributed by atoms with E-state index >= 15 is 0 Å². The van der Waals surface area contributed by atoms with Crippen molar-refractivity contribution in [1.29, 1.82) is 0 Å². The molecule has 2 heterocycles. The number of aryl methyl sites for hydroxylation is 2. The second-order valence-electron chi connectivity index (χ2n) is 4.75. The molecule has 3 rings (SSSR count). The Morgan fingerprint density at radius 2 is 2.00 bits per heavy atom. The van der Waals surface area contributed by atoms with Gasteiger partial charge in [-0.1, -0.05) is 25.1 Å². The highest BCUT2D eigenvalue weighted by Gasteiger charge is 2.20. The maximum absolute atomic E-state index is 11.0. The van der Waals surface area contributed by atoms with E-state index in [9.17, 15) is 10.1 Å². The maximum atomic E-state index is 11.0. The van der Waals surface area contributed by atoms with E-state index in [4.69, 9.17) is 0 Å². The molecular formula is C15H14N4O2. The zero-order valence-corrected chi connectivity index (χ0v) is 11.8. The molecule has 0 aliphatic carbocycles. The highest BCUT2D eigenvalue weighted by molar-refractivity contribution is 5.80. The molecule has 3 aromatic rings. The number of pyridine rings is 1. The Labute approximate surface area is 121 Å². The van der Waals surface area contributed by atoms with Crippen LogP contribution in [0.5, 0.6) is 0 Å². The fourth-order valence-electron chi connectivity index (χ4n) is 2.44. The third kappa shape index (κ3) is 2.05. The average Bonchev–Trinajstić information content (AvgIpc) is 2.87. The lowest BCUT2D eigenvalue weighted by molar-refractivity contribution is -0.385. The minimum absolute atomic E-state index is 0.00265. The third-order valence-electron chi connectivity index (χ3n) is 3.50. The van der Waals surface area contributed by atoms with Gasteiger partial charge in [0, 0.05) is 12.1 Å². The van der Waals surface area contributed by atoms with Gasteiger partial charge in [0.25, 0.3) is 5.69 Å². The van der Waals surface area contributed by atoms with E-state index in [-0.39, 0.29) is 5.69 Å². The average molecular weight is 282 g/mol. The summed E-state index contributed by atoms with van der Waals surface area (Å²) in [6.07, 6.45) is 2.02. The number of imidazole rings is 1. The second kappa shape index (κ2) is 4.97. The molecule has 21 heavy (non-hydrogen) atoms. The topological polar surface area (TPSA) is 73.8 Å². The van der Waals surface area contributed by atoms with Gasteiger partial charge in [-0.15, -0.1) is 0 Å². The van der Waals surface area contributed by atoms with Gasteiger partial charge in [0.2, 0.25) is 0 Å². The van der Waals surface area contributed by atoms with Crippen molar-refractivity contribution in [1.82, 2.24) is 14.5 Å². The molecule has 0 bridgehead atoms. The molecule has 0 radical (unpaired) electrons. The summed E-state index contributed by atoms with van der Waals surface area (Å²) in [5.41, 5.74) is 2.75. The van der Waals surface area contributed by atoms with Gasteiger partial charge in [0.05, 0.1) is 10.5 Å². The second-order valence-corrected chi connectivity index (χ2v) is 4.75. The first kappa shape index (κ1) is 13.2. The van der Waals surface area contributed by atoms with Crippen LogP contribution in [-0.4, -0.2) is 19.5 Å². The molecule has 6 nitrogen and oxygen atoms in total. The minimum Gasteiger partial charge on any atom is -0.281 e. The van der Waals surface area contributed by atoms with Crippen molar-refractivity contribution in [2.45, 2.75) is 20.3 Å². The molecule has 0 fully saturated rings. The van der Waals surface area contributed by atoms with Crippen LogP contribution in [0, 0.1) is 17.0 Å². The first-order valence-electron chi connectivity index (χ1n) is 6.70. The van der Waals surface area contributed by atoms with Crippen molar-refractivity contribution in [2.24, 2.45) is 0 Å². The molecular weight excluding hydrogens is 268 g/mol. The van der Waals surface area contributed by atoms with Gasteiger partial charge in [-0.3, -0.25) is 14.7 Å². The number of rotatable bonds is 3. The van der Waals surface area contributed by atoms with Gasteiger partial charge in [0.15, 0.2) is 5.65 Å². The molecule has 6 heteroatoms. The van der Waals surface area contributed by atoms with E-state index in [0.717, 1.165) is 17.9 Å². The van der Waals surface area contributed by atoms with Crippen LogP contribution in [0.3, 0.4) is 0 Å². The highest BCUT2D eigenvalue weighted by atomic mass is 16.6. The molecule has 0 unspecified atom stereocenters. The lowest BCUT2D eigenvalue weighted by atomic mass is 10.2. The first-order valence-corrected chi connectivity index (χ1v) is 6.70. The number of fused-ring (bicyclic) bond motifs is 1. The molecule has 0 aliphatic rings. The van der Waals surface area contributed by atoms with Gasteiger partial charge in [-0.05, 0) is 19.1 Å². The number of nitro groups is 1. The Kier molecular flexibility index (Phi) is 3.13. The summed E-state index contributed by atoms with van der Waals surface area (Å²) in [6.45, 7) is 3.72. The van der Waals surface area contributed by atoms with Gasteiger partial charge >= 0.3 is 0 Å². The van der Waals surface area contributed by atoms with Gasteiger partial charge in [-0.25, -0.2) is 9.97 Å². The molecule has 106 valence electrons. The number of para-hydroxylation sites is 1. The molecule has 0 N–H and O–H groups in total. The van der Waals surface area contributed by atoms with E-state index in [1.54, 1.807) is 6.92 Å². The van der Waals surface area contributed by atoms with Crippen LogP contribution < -0.4 is 0 Å². The molecule has 0 atom stereocenters. The lowest BCUT2D eigenvalue weighted by Gasteiger charge is -2.07. The van der Waals surface area contributed by atoms with Crippen molar-refractivity contribution in [3.8, 4) is 5.69 Å². The van der Waals surface area contributed by atoms with Crippen LogP contribution in [0.15, 0.2) is 36.5 Å². The first-order chi connectivity index (χ1) is 10.1. The van der Waals surface area contributed by atoms with Gasteiger partial charge in [-0.2, -0.15) is 0 Å². The largest absolute Gasteiger partial charge is 0.292 e. The number of hydrogen-bond acceptors (Lipinski definition) is 4. The van der Waals surface area contributed by atoms with Crippen LogP contribution in [-0.2, 0) is 6.42 Å². The predicted octanol–water partition coefficient (Wildman–Crippen LogP) is 3.20. The number of benzene rings is 1. The normalized spacial score (nSPS) is 11.0. The molecule has 0 spiro atoms. The van der Waals surface area contributed by atoms with Gasteiger partial charge < -0.3 is 0 Å². The van der Waals surface area contributed by atoms with E-state index in [0.29, 0.717) is 16.7 Å². The third-order valence-corrected chi connectivity index (χ3v) is 3.50. The van der Waals surface area contributed by atoms with E-state index in [1.807, 2.05) is 41.8 Å². The Hall–Kier alpha value is -2.76. The fraction of sp³-hybridized carbons (Fsp3) is 0.200. The predicted molar refractivity (Wildman–Crippen MR) is 79.6 cm³/mol. The molecule has 0 aliphatic heterocycles. The SMILES string of the molecule is CCc1nc2c(C)c([N+](=O)[O-])cnc2n1-c1ccccc1. The van der Waals surface area contributed by atoms with Crippen LogP contribution >= 0.6 is 0 Å². The smallest absolute Gasteiger partial charge is 0.281 e. The summed E-state index contributed by atoms with van der Waals surface area (Å²) in [4.78, 5) is 19.4. The standard InChI is InChI=1S/C15H14N4O2/c1-3-13-17-14-10(2)12(19(20)21)9-16-15(14)18(13)11-7-5-4-6-8-11/h4-9H,3H2,1-2H3. The van der Waals surface area contributed by atoms with E-state index < -0.39 is 4.92 Å². The Morgan fingerprint density at radius 1 is 1.29 bits per heavy atom. The zero-order valence-electron chi connectivity index (χ0n) is 11.8. The molecule has 0 saturated heterocycles. The summed E-state index contributed by atoms with van der Waals surface area (Å²) in [7, 11) is 0. The van der Waals surface area contributed by atoms with Crippen molar-refractivity contribution in [3.05, 3.63) is 58.0 Å². The van der Waals surface area contributed by atoms with Crippen molar-refractivity contribution >= 4 is 16.9 Å². The number of nitrogens with zero attached hydrogens (tertiary/aromatic N) is 4. The van der Waals surface area contributed by atoms with E-state index in [2.05, 4.69) is 9.97 Å². The van der Waals surface area contributed by atoms with Crippen LogP contribution in [0.2, 0.25) is 0 Å². The molecule has 1 aromatic carbocycles. The van der Waals surface area contributed by atoms with Crippen molar-refractivity contribution in [2.75, 3.05) is 0 Å².